The minimum atomic E-state index is 0.321. The van der Waals surface area contributed by atoms with Crippen LogP contribution in [0.15, 0.2) is 34.1 Å². The van der Waals surface area contributed by atoms with Gasteiger partial charge in [0.15, 0.2) is 0 Å². The zero-order valence-corrected chi connectivity index (χ0v) is 14.1. The summed E-state index contributed by atoms with van der Waals surface area (Å²) in [5.41, 5.74) is 4.95. The SMILES string of the molecule is CCCNC(CSc1nc(C)co1)c1ccc(C)c(C)c1. The van der Waals surface area contributed by atoms with Crippen molar-refractivity contribution in [3.63, 3.8) is 0 Å². The Bertz CT molecular complexity index is 580. The molecule has 0 bridgehead atoms. The lowest BCUT2D eigenvalue weighted by atomic mass is 10.0. The number of benzene rings is 1. The number of nitrogens with zero attached hydrogens (tertiary/aromatic N) is 1. The van der Waals surface area contributed by atoms with Crippen molar-refractivity contribution >= 4 is 11.8 Å². The Labute approximate surface area is 131 Å². The van der Waals surface area contributed by atoms with Gasteiger partial charge in [-0.25, -0.2) is 4.98 Å². The molecule has 1 atom stereocenters. The molecule has 4 heteroatoms. The highest BCUT2D eigenvalue weighted by molar-refractivity contribution is 7.99. The molecule has 1 N–H and O–H groups in total. The van der Waals surface area contributed by atoms with E-state index in [1.165, 1.54) is 16.7 Å². The molecule has 0 aliphatic carbocycles. The minimum absolute atomic E-state index is 0.321. The Balaban J connectivity index is 2.07. The van der Waals surface area contributed by atoms with Crippen LogP contribution in [0.5, 0.6) is 0 Å². The van der Waals surface area contributed by atoms with Crippen molar-refractivity contribution in [2.45, 2.75) is 45.4 Å². The molecule has 21 heavy (non-hydrogen) atoms. The summed E-state index contributed by atoms with van der Waals surface area (Å²) in [6, 6.07) is 7.02. The van der Waals surface area contributed by atoms with Crippen molar-refractivity contribution in [3.8, 4) is 0 Å². The molecule has 0 radical (unpaired) electrons. The van der Waals surface area contributed by atoms with Crippen LogP contribution in [0.2, 0.25) is 0 Å². The average Bonchev–Trinajstić information content (AvgIpc) is 2.88. The molecule has 0 fully saturated rings. The van der Waals surface area contributed by atoms with E-state index in [2.05, 4.69) is 49.3 Å². The van der Waals surface area contributed by atoms with Crippen molar-refractivity contribution in [3.05, 3.63) is 46.8 Å². The van der Waals surface area contributed by atoms with Gasteiger partial charge in [0.05, 0.1) is 5.69 Å². The van der Waals surface area contributed by atoms with E-state index >= 15 is 0 Å². The van der Waals surface area contributed by atoms with Gasteiger partial charge in [0.25, 0.3) is 5.22 Å². The third-order valence-electron chi connectivity index (χ3n) is 3.55. The Hall–Kier alpha value is -1.26. The fraction of sp³-hybridized carbons (Fsp3) is 0.471. The van der Waals surface area contributed by atoms with Gasteiger partial charge in [-0.05, 0) is 50.4 Å². The quantitative estimate of drug-likeness (QED) is 0.768. The van der Waals surface area contributed by atoms with Crippen LogP contribution in [-0.4, -0.2) is 17.3 Å². The van der Waals surface area contributed by atoms with Crippen molar-refractivity contribution in [1.29, 1.82) is 0 Å². The number of thioether (sulfide) groups is 1. The van der Waals surface area contributed by atoms with Gasteiger partial charge in [-0.3, -0.25) is 0 Å². The summed E-state index contributed by atoms with van der Waals surface area (Å²) in [5.74, 6) is 0.919. The fourth-order valence-corrected chi connectivity index (χ4v) is 3.07. The van der Waals surface area contributed by atoms with E-state index < -0.39 is 0 Å². The van der Waals surface area contributed by atoms with Gasteiger partial charge < -0.3 is 9.73 Å². The van der Waals surface area contributed by atoms with Crippen molar-refractivity contribution in [1.82, 2.24) is 10.3 Å². The van der Waals surface area contributed by atoms with Gasteiger partial charge >= 0.3 is 0 Å². The average molecular weight is 304 g/mol. The predicted octanol–water partition coefficient (Wildman–Crippen LogP) is 4.43. The first-order valence-corrected chi connectivity index (χ1v) is 8.44. The molecule has 0 amide bonds. The summed E-state index contributed by atoms with van der Waals surface area (Å²) in [4.78, 5) is 4.36. The molecule has 1 aromatic heterocycles. The number of aryl methyl sites for hydroxylation is 3. The molecule has 114 valence electrons. The van der Waals surface area contributed by atoms with Crippen LogP contribution in [0.4, 0.5) is 0 Å². The minimum Gasteiger partial charge on any atom is -0.440 e. The highest BCUT2D eigenvalue weighted by atomic mass is 32.2. The first kappa shape index (κ1) is 16.1. The second-order valence-corrected chi connectivity index (χ2v) is 6.39. The lowest BCUT2D eigenvalue weighted by Gasteiger charge is -2.19. The summed E-state index contributed by atoms with van der Waals surface area (Å²) < 4.78 is 5.42. The third kappa shape index (κ3) is 4.61. The molecule has 2 rings (SSSR count). The maximum Gasteiger partial charge on any atom is 0.255 e. The lowest BCUT2D eigenvalue weighted by Crippen LogP contribution is -2.24. The van der Waals surface area contributed by atoms with E-state index in [1.807, 2.05) is 6.92 Å². The summed E-state index contributed by atoms with van der Waals surface area (Å²) >= 11 is 1.66. The number of aromatic nitrogens is 1. The molecule has 1 unspecified atom stereocenters. The normalized spacial score (nSPS) is 12.6. The molecule has 0 saturated heterocycles. The third-order valence-corrected chi connectivity index (χ3v) is 4.48. The monoisotopic (exact) mass is 304 g/mol. The van der Waals surface area contributed by atoms with Gasteiger partial charge in [-0.15, -0.1) is 0 Å². The van der Waals surface area contributed by atoms with Gasteiger partial charge in [0.1, 0.15) is 6.26 Å². The Kier molecular flexibility index (Phi) is 5.88. The summed E-state index contributed by atoms with van der Waals surface area (Å²) in [6.45, 7) is 9.47. The largest absolute Gasteiger partial charge is 0.440 e. The number of hydrogen-bond acceptors (Lipinski definition) is 4. The first-order valence-electron chi connectivity index (χ1n) is 7.45. The lowest BCUT2D eigenvalue weighted by molar-refractivity contribution is 0.453. The molecule has 0 aliphatic rings. The molecule has 2 aromatic rings. The standard InChI is InChI=1S/C17H24N2OS/c1-5-8-18-16(11-21-17-19-14(4)10-20-17)15-7-6-12(2)13(3)9-15/h6-7,9-10,16,18H,5,8,11H2,1-4H3. The molecule has 1 heterocycles. The van der Waals surface area contributed by atoms with E-state index in [0.717, 1.165) is 29.6 Å². The van der Waals surface area contributed by atoms with Crippen molar-refractivity contribution < 1.29 is 4.42 Å². The van der Waals surface area contributed by atoms with Gasteiger partial charge in [0, 0.05) is 11.8 Å². The highest BCUT2D eigenvalue weighted by Gasteiger charge is 2.13. The van der Waals surface area contributed by atoms with E-state index in [-0.39, 0.29) is 0 Å². The second-order valence-electron chi connectivity index (χ2n) is 5.42. The Morgan fingerprint density at radius 1 is 1.24 bits per heavy atom. The number of oxazole rings is 1. The molecular formula is C17H24N2OS. The van der Waals surface area contributed by atoms with E-state index in [9.17, 15) is 0 Å². The molecule has 0 spiro atoms. The molecule has 0 saturated carbocycles. The number of hydrogen-bond donors (Lipinski definition) is 1. The molecule has 3 nitrogen and oxygen atoms in total. The number of nitrogens with one attached hydrogen (secondary N) is 1. The maximum atomic E-state index is 5.42. The fourth-order valence-electron chi connectivity index (χ4n) is 2.13. The number of rotatable bonds is 7. The smallest absolute Gasteiger partial charge is 0.255 e. The Morgan fingerprint density at radius 3 is 2.67 bits per heavy atom. The molecule has 0 aliphatic heterocycles. The van der Waals surface area contributed by atoms with E-state index in [0.29, 0.717) is 6.04 Å². The topological polar surface area (TPSA) is 38.1 Å². The predicted molar refractivity (Wildman–Crippen MR) is 88.9 cm³/mol. The van der Waals surface area contributed by atoms with Crippen LogP contribution in [0.1, 0.15) is 41.8 Å². The Morgan fingerprint density at radius 2 is 2.05 bits per heavy atom. The molecular weight excluding hydrogens is 280 g/mol. The highest BCUT2D eigenvalue weighted by Crippen LogP contribution is 2.25. The van der Waals surface area contributed by atoms with E-state index in [4.69, 9.17) is 4.42 Å². The van der Waals surface area contributed by atoms with E-state index in [1.54, 1.807) is 18.0 Å². The second kappa shape index (κ2) is 7.66. The zero-order chi connectivity index (χ0) is 15.2. The molecule has 1 aromatic carbocycles. The van der Waals surface area contributed by atoms with Crippen LogP contribution < -0.4 is 5.32 Å². The van der Waals surface area contributed by atoms with Gasteiger partial charge in [-0.2, -0.15) is 0 Å². The maximum absolute atomic E-state index is 5.42. The zero-order valence-electron chi connectivity index (χ0n) is 13.3. The summed E-state index contributed by atoms with van der Waals surface area (Å²) in [7, 11) is 0. The van der Waals surface area contributed by atoms with Crippen LogP contribution in [-0.2, 0) is 0 Å². The summed E-state index contributed by atoms with van der Waals surface area (Å²) in [6.07, 6.45) is 2.83. The van der Waals surface area contributed by atoms with Crippen LogP contribution in [0.3, 0.4) is 0 Å². The van der Waals surface area contributed by atoms with Crippen LogP contribution in [0, 0.1) is 20.8 Å². The van der Waals surface area contributed by atoms with Crippen LogP contribution >= 0.6 is 11.8 Å². The van der Waals surface area contributed by atoms with Crippen molar-refractivity contribution in [2.75, 3.05) is 12.3 Å². The van der Waals surface area contributed by atoms with Crippen LogP contribution in [0.25, 0.3) is 0 Å². The van der Waals surface area contributed by atoms with Crippen molar-refractivity contribution in [2.24, 2.45) is 0 Å². The first-order chi connectivity index (χ1) is 10.1. The van der Waals surface area contributed by atoms with Gasteiger partial charge in [-0.1, -0.05) is 36.9 Å². The summed E-state index contributed by atoms with van der Waals surface area (Å²) in [5, 5.41) is 4.37. The van der Waals surface area contributed by atoms with Gasteiger partial charge in [0.2, 0.25) is 0 Å².